The summed E-state index contributed by atoms with van der Waals surface area (Å²) in [6.45, 7) is 1.91. The Morgan fingerprint density at radius 2 is 2.00 bits per heavy atom. The SMILES string of the molecule is CC(O)C1(C/C=C/c2ccccc2)CC1. The monoisotopic (exact) mass is 202 g/mol. The number of rotatable bonds is 4. The zero-order valence-corrected chi connectivity index (χ0v) is 9.19. The number of hydrogen-bond donors (Lipinski definition) is 1. The summed E-state index contributed by atoms with van der Waals surface area (Å²) in [4.78, 5) is 0. The van der Waals surface area contributed by atoms with Crippen LogP contribution in [0, 0.1) is 5.41 Å². The molecule has 0 saturated heterocycles. The second-order valence-electron chi connectivity index (χ2n) is 4.56. The van der Waals surface area contributed by atoms with E-state index in [0.717, 1.165) is 6.42 Å². The Bertz CT molecular complexity index is 334. The fourth-order valence-corrected chi connectivity index (χ4v) is 1.95. The van der Waals surface area contributed by atoms with Crippen LogP contribution in [0.5, 0.6) is 0 Å². The maximum absolute atomic E-state index is 9.61. The highest BCUT2D eigenvalue weighted by Gasteiger charge is 2.45. The van der Waals surface area contributed by atoms with Crippen LogP contribution in [0.3, 0.4) is 0 Å². The van der Waals surface area contributed by atoms with E-state index in [1.165, 1.54) is 18.4 Å². The predicted octanol–water partition coefficient (Wildman–Crippen LogP) is 3.25. The van der Waals surface area contributed by atoms with Gasteiger partial charge in [0.15, 0.2) is 0 Å². The summed E-state index contributed by atoms with van der Waals surface area (Å²) in [7, 11) is 0. The normalized spacial score (nSPS) is 20.4. The molecular weight excluding hydrogens is 184 g/mol. The molecule has 80 valence electrons. The van der Waals surface area contributed by atoms with Gasteiger partial charge in [0.25, 0.3) is 0 Å². The molecule has 1 aromatic carbocycles. The van der Waals surface area contributed by atoms with Crippen molar-refractivity contribution in [2.24, 2.45) is 5.41 Å². The summed E-state index contributed by atoms with van der Waals surface area (Å²) in [6.07, 6.45) is 7.50. The fourth-order valence-electron chi connectivity index (χ4n) is 1.95. The van der Waals surface area contributed by atoms with Crippen LogP contribution in [-0.4, -0.2) is 11.2 Å². The topological polar surface area (TPSA) is 20.2 Å². The maximum atomic E-state index is 9.61. The Hall–Kier alpha value is -1.08. The smallest absolute Gasteiger partial charge is 0.0571 e. The highest BCUT2D eigenvalue weighted by Crippen LogP contribution is 2.51. The first-order valence-electron chi connectivity index (χ1n) is 5.63. The van der Waals surface area contributed by atoms with Crippen molar-refractivity contribution in [2.45, 2.75) is 32.3 Å². The van der Waals surface area contributed by atoms with Crippen LogP contribution in [0.25, 0.3) is 6.08 Å². The fraction of sp³-hybridized carbons (Fsp3) is 0.429. The lowest BCUT2D eigenvalue weighted by Crippen LogP contribution is -2.16. The second kappa shape index (κ2) is 4.19. The van der Waals surface area contributed by atoms with Crippen molar-refractivity contribution < 1.29 is 5.11 Å². The molecule has 15 heavy (non-hydrogen) atoms. The van der Waals surface area contributed by atoms with Gasteiger partial charge in [-0.15, -0.1) is 0 Å². The van der Waals surface area contributed by atoms with Gasteiger partial charge in [-0.2, -0.15) is 0 Å². The van der Waals surface area contributed by atoms with Gasteiger partial charge in [-0.3, -0.25) is 0 Å². The molecule has 0 spiro atoms. The predicted molar refractivity (Wildman–Crippen MR) is 63.4 cm³/mol. The average molecular weight is 202 g/mol. The minimum atomic E-state index is -0.169. The van der Waals surface area contributed by atoms with Crippen LogP contribution < -0.4 is 0 Å². The molecule has 1 aliphatic carbocycles. The number of allylic oxidation sites excluding steroid dienone is 1. The molecular formula is C14H18O. The number of aliphatic hydroxyl groups excluding tert-OH is 1. The molecule has 1 nitrogen and oxygen atoms in total. The van der Waals surface area contributed by atoms with Crippen molar-refractivity contribution in [1.29, 1.82) is 0 Å². The van der Waals surface area contributed by atoms with Gasteiger partial charge in [-0.1, -0.05) is 42.5 Å². The zero-order valence-electron chi connectivity index (χ0n) is 9.19. The molecule has 0 aliphatic heterocycles. The quantitative estimate of drug-likeness (QED) is 0.794. The van der Waals surface area contributed by atoms with E-state index < -0.39 is 0 Å². The van der Waals surface area contributed by atoms with Gasteiger partial charge in [0, 0.05) is 0 Å². The first-order chi connectivity index (χ1) is 7.23. The van der Waals surface area contributed by atoms with Crippen molar-refractivity contribution in [2.75, 3.05) is 0 Å². The van der Waals surface area contributed by atoms with Crippen LogP contribution in [-0.2, 0) is 0 Å². The lowest BCUT2D eigenvalue weighted by Gasteiger charge is -2.15. The molecule has 1 heteroatoms. The Morgan fingerprint density at radius 1 is 1.33 bits per heavy atom. The molecule has 1 unspecified atom stereocenters. The Labute approximate surface area is 91.4 Å². The molecule has 1 aromatic rings. The summed E-state index contributed by atoms with van der Waals surface area (Å²) in [6, 6.07) is 10.3. The van der Waals surface area contributed by atoms with Gasteiger partial charge >= 0.3 is 0 Å². The molecule has 1 saturated carbocycles. The van der Waals surface area contributed by atoms with E-state index >= 15 is 0 Å². The van der Waals surface area contributed by atoms with Crippen molar-refractivity contribution in [3.8, 4) is 0 Å². The molecule has 2 rings (SSSR count). The molecule has 1 fully saturated rings. The third-order valence-corrected chi connectivity index (χ3v) is 3.41. The van der Waals surface area contributed by atoms with E-state index in [-0.39, 0.29) is 11.5 Å². The molecule has 1 atom stereocenters. The summed E-state index contributed by atoms with van der Waals surface area (Å²) < 4.78 is 0. The van der Waals surface area contributed by atoms with Gasteiger partial charge in [0.1, 0.15) is 0 Å². The van der Waals surface area contributed by atoms with Crippen LogP contribution in [0.1, 0.15) is 31.7 Å². The van der Waals surface area contributed by atoms with Crippen LogP contribution in [0.15, 0.2) is 36.4 Å². The van der Waals surface area contributed by atoms with E-state index in [9.17, 15) is 5.11 Å². The van der Waals surface area contributed by atoms with Crippen molar-refractivity contribution >= 4 is 6.08 Å². The lowest BCUT2D eigenvalue weighted by molar-refractivity contribution is 0.112. The largest absolute Gasteiger partial charge is 0.393 e. The third kappa shape index (κ3) is 2.48. The third-order valence-electron chi connectivity index (χ3n) is 3.41. The molecule has 0 heterocycles. The second-order valence-corrected chi connectivity index (χ2v) is 4.56. The van der Waals surface area contributed by atoms with Gasteiger partial charge in [-0.25, -0.2) is 0 Å². The van der Waals surface area contributed by atoms with Gasteiger partial charge in [0.2, 0.25) is 0 Å². The molecule has 0 bridgehead atoms. The summed E-state index contributed by atoms with van der Waals surface area (Å²) >= 11 is 0. The minimum Gasteiger partial charge on any atom is -0.393 e. The van der Waals surface area contributed by atoms with E-state index in [0.29, 0.717) is 0 Å². The first-order valence-corrected chi connectivity index (χ1v) is 5.63. The van der Waals surface area contributed by atoms with Gasteiger partial charge < -0.3 is 5.11 Å². The standard InChI is InChI=1S/C14H18O/c1-12(15)14(10-11-14)9-5-8-13-6-3-2-4-7-13/h2-8,12,15H,9-11H2,1H3/b8-5+. The van der Waals surface area contributed by atoms with E-state index in [2.05, 4.69) is 24.3 Å². The van der Waals surface area contributed by atoms with Crippen LogP contribution in [0.2, 0.25) is 0 Å². The van der Waals surface area contributed by atoms with Crippen molar-refractivity contribution in [3.05, 3.63) is 42.0 Å². The van der Waals surface area contributed by atoms with Crippen LogP contribution >= 0.6 is 0 Å². The summed E-state index contributed by atoms with van der Waals surface area (Å²) in [5.74, 6) is 0. The lowest BCUT2D eigenvalue weighted by atomic mass is 9.96. The highest BCUT2D eigenvalue weighted by molar-refractivity contribution is 5.48. The molecule has 1 aliphatic rings. The first kappa shape index (κ1) is 10.4. The zero-order chi connectivity index (χ0) is 10.7. The van der Waals surface area contributed by atoms with E-state index in [4.69, 9.17) is 0 Å². The maximum Gasteiger partial charge on any atom is 0.0571 e. The Balaban J connectivity index is 1.91. The number of hydrogen-bond acceptors (Lipinski definition) is 1. The number of benzene rings is 1. The molecule has 0 radical (unpaired) electrons. The van der Waals surface area contributed by atoms with E-state index in [1.54, 1.807) is 0 Å². The average Bonchev–Trinajstić information content (AvgIpc) is 3.01. The summed E-state index contributed by atoms with van der Waals surface area (Å²) in [5.41, 5.74) is 1.43. The Morgan fingerprint density at radius 3 is 2.53 bits per heavy atom. The van der Waals surface area contributed by atoms with Crippen molar-refractivity contribution in [1.82, 2.24) is 0 Å². The summed E-state index contributed by atoms with van der Waals surface area (Å²) in [5, 5.41) is 9.61. The van der Waals surface area contributed by atoms with E-state index in [1.807, 2.05) is 25.1 Å². The van der Waals surface area contributed by atoms with Crippen molar-refractivity contribution in [3.63, 3.8) is 0 Å². The van der Waals surface area contributed by atoms with Gasteiger partial charge in [0.05, 0.1) is 6.10 Å². The molecule has 0 amide bonds. The van der Waals surface area contributed by atoms with Crippen LogP contribution in [0.4, 0.5) is 0 Å². The van der Waals surface area contributed by atoms with Gasteiger partial charge in [-0.05, 0) is 37.2 Å². The Kier molecular flexibility index (Phi) is 2.92. The molecule has 1 N–H and O–H groups in total. The highest BCUT2D eigenvalue weighted by atomic mass is 16.3. The number of aliphatic hydroxyl groups is 1. The molecule has 0 aromatic heterocycles. The minimum absolute atomic E-state index is 0.169.